The molecule has 0 spiro atoms. The minimum atomic E-state index is -2.36. The molecule has 1 aromatic rings. The Bertz CT molecular complexity index is 565. The largest absolute Gasteiger partial charge is 0.436 e. The van der Waals surface area contributed by atoms with Crippen LogP contribution in [0.5, 0.6) is 5.75 Å². The van der Waals surface area contributed by atoms with Crippen molar-refractivity contribution in [1.82, 2.24) is 0 Å². The van der Waals surface area contributed by atoms with Crippen LogP contribution in [0.1, 0.15) is 33.1 Å². The Kier molecular flexibility index (Phi) is 9.28. The first-order valence-corrected chi connectivity index (χ1v) is 12.4. The molecule has 0 amide bonds. The van der Waals surface area contributed by atoms with Gasteiger partial charge in [0, 0.05) is 10.2 Å². The van der Waals surface area contributed by atoms with E-state index < -0.39 is 5.69 Å². The van der Waals surface area contributed by atoms with Gasteiger partial charge in [-0.2, -0.15) is 13.5 Å². The van der Waals surface area contributed by atoms with Gasteiger partial charge < -0.3 is 9.05 Å². The van der Waals surface area contributed by atoms with Crippen molar-refractivity contribution in [3.8, 4) is 5.75 Å². The predicted molar refractivity (Wildman–Crippen MR) is 115 cm³/mol. The van der Waals surface area contributed by atoms with E-state index >= 15 is 0 Å². The summed E-state index contributed by atoms with van der Waals surface area (Å²) < 4.78 is 13.3. The summed E-state index contributed by atoms with van der Waals surface area (Å²) in [5.74, 6) is 2.30. The molecule has 130 valence electrons. The fraction of sp³-hybridized carbons (Fsp3) is 0.500. The van der Waals surface area contributed by atoms with Crippen LogP contribution < -0.4 is 4.52 Å². The number of hydrogen-bond donors (Lipinski definition) is 0. The van der Waals surface area contributed by atoms with E-state index in [2.05, 4.69) is 36.4 Å². The molecule has 0 saturated carbocycles. The monoisotopic (exact) mass is 454 g/mol. The minimum absolute atomic E-state index is 0. The van der Waals surface area contributed by atoms with E-state index in [0.29, 0.717) is 5.92 Å². The molecule has 0 bridgehead atoms. The second-order valence-electron chi connectivity index (χ2n) is 5.65. The topological polar surface area (TPSA) is 18.5 Å². The third-order valence-electron chi connectivity index (χ3n) is 3.67. The molecule has 0 N–H and O–H groups in total. The Morgan fingerprint density at radius 1 is 1.35 bits per heavy atom. The van der Waals surface area contributed by atoms with Crippen molar-refractivity contribution in [2.24, 2.45) is 5.92 Å². The van der Waals surface area contributed by atoms with Crippen molar-refractivity contribution in [1.29, 1.82) is 0 Å². The molecule has 1 aromatic carbocycles. The number of rotatable bonds is 3. The van der Waals surface area contributed by atoms with E-state index in [1.165, 1.54) is 5.57 Å². The van der Waals surface area contributed by atoms with Crippen molar-refractivity contribution < 1.29 is 9.05 Å². The summed E-state index contributed by atoms with van der Waals surface area (Å²) in [6.45, 7) is 8.33. The molecule has 2 nitrogen and oxygen atoms in total. The lowest BCUT2D eigenvalue weighted by Crippen LogP contribution is -2.09. The number of allylic oxidation sites excluding steroid dienone is 1. The van der Waals surface area contributed by atoms with Crippen LogP contribution in [0.15, 0.2) is 40.9 Å². The summed E-state index contributed by atoms with van der Waals surface area (Å²) in [4.78, 5) is 0. The van der Waals surface area contributed by atoms with Crippen LogP contribution in [0, 0.1) is 5.92 Å². The Hall–Kier alpha value is 0.550. The molecule has 3 atom stereocenters. The van der Waals surface area contributed by atoms with Gasteiger partial charge in [-0.05, 0) is 75.1 Å². The van der Waals surface area contributed by atoms with Gasteiger partial charge in [0.1, 0.15) is 5.75 Å². The molecule has 1 aliphatic rings. The van der Waals surface area contributed by atoms with Gasteiger partial charge in [-0.25, -0.2) is 0 Å². The molecule has 0 aliphatic carbocycles. The summed E-state index contributed by atoms with van der Waals surface area (Å²) in [6, 6.07) is 7.77. The lowest BCUT2D eigenvalue weighted by atomic mass is 9.93. The van der Waals surface area contributed by atoms with E-state index in [4.69, 9.17) is 20.9 Å². The molecule has 23 heavy (non-hydrogen) atoms. The molecular weight excluding hydrogens is 431 g/mol. The third kappa shape index (κ3) is 7.13. The van der Waals surface area contributed by atoms with E-state index in [-0.39, 0.29) is 19.6 Å². The average Bonchev–Trinajstić information content (AvgIpc) is 2.51. The maximum atomic E-state index is 6.15. The third-order valence-corrected chi connectivity index (χ3v) is 9.40. The predicted octanol–water partition coefficient (Wildman–Crippen LogP) is 6.68. The highest BCUT2D eigenvalue weighted by molar-refractivity contribution is 9.10. The number of benzene rings is 1. The van der Waals surface area contributed by atoms with Crippen LogP contribution in [0.4, 0.5) is 0 Å². The molecule has 1 fully saturated rings. The standard InChI is InChI=1S/C16H22BrO2PS2.H2S/c1-12(2)14-5-4-13(3)18-20(21,22-11-10-14)19-16-8-6-15(17)7-9-16;/h6-9,13-14H,1,4-5,10-11H2,2-3H3;1H2/t13-,14?,20-;/m1./s1. The lowest BCUT2D eigenvalue weighted by Gasteiger charge is -2.24. The van der Waals surface area contributed by atoms with Crippen molar-refractivity contribution in [3.63, 3.8) is 0 Å². The minimum Gasteiger partial charge on any atom is -0.436 e. The molecule has 0 aromatic heterocycles. The quantitative estimate of drug-likeness (QED) is 0.374. The summed E-state index contributed by atoms with van der Waals surface area (Å²) in [5.41, 5.74) is -1.10. The summed E-state index contributed by atoms with van der Waals surface area (Å²) in [6.07, 6.45) is 3.33. The van der Waals surface area contributed by atoms with Crippen LogP contribution >= 0.6 is 46.5 Å². The molecule has 1 heterocycles. The normalized spacial score (nSPS) is 28.7. The highest BCUT2D eigenvalue weighted by Crippen LogP contribution is 2.62. The van der Waals surface area contributed by atoms with E-state index in [9.17, 15) is 0 Å². The first kappa shape index (κ1) is 21.6. The van der Waals surface area contributed by atoms with Gasteiger partial charge in [-0.1, -0.05) is 39.5 Å². The van der Waals surface area contributed by atoms with Crippen LogP contribution in [0.25, 0.3) is 0 Å². The van der Waals surface area contributed by atoms with Gasteiger partial charge in [0.15, 0.2) is 0 Å². The highest BCUT2D eigenvalue weighted by atomic mass is 79.9. The molecule has 2 rings (SSSR count). The second kappa shape index (κ2) is 9.88. The van der Waals surface area contributed by atoms with Crippen LogP contribution in [-0.4, -0.2) is 11.9 Å². The zero-order chi connectivity index (χ0) is 16.2. The number of halogens is 1. The smallest absolute Gasteiger partial charge is 0.297 e. The van der Waals surface area contributed by atoms with Crippen molar-refractivity contribution in [3.05, 3.63) is 40.9 Å². The maximum absolute atomic E-state index is 6.15. The van der Waals surface area contributed by atoms with Crippen LogP contribution in [-0.2, 0) is 16.3 Å². The van der Waals surface area contributed by atoms with Gasteiger partial charge in [-0.3, -0.25) is 0 Å². The molecular formula is C16H24BrO2PS3. The Balaban J connectivity index is 0.00000264. The maximum Gasteiger partial charge on any atom is 0.297 e. The van der Waals surface area contributed by atoms with E-state index in [1.54, 1.807) is 11.4 Å². The van der Waals surface area contributed by atoms with Crippen LogP contribution in [0.2, 0.25) is 0 Å². The van der Waals surface area contributed by atoms with Gasteiger partial charge in [0.25, 0.3) is 5.69 Å². The lowest BCUT2D eigenvalue weighted by molar-refractivity contribution is 0.211. The van der Waals surface area contributed by atoms with Gasteiger partial charge in [0.2, 0.25) is 0 Å². The summed E-state index contributed by atoms with van der Waals surface area (Å²) in [7, 11) is 0. The Morgan fingerprint density at radius 2 is 2.00 bits per heavy atom. The highest BCUT2D eigenvalue weighted by Gasteiger charge is 2.28. The van der Waals surface area contributed by atoms with Crippen molar-refractivity contribution >= 4 is 58.3 Å². The van der Waals surface area contributed by atoms with Crippen molar-refractivity contribution in [2.45, 2.75) is 39.2 Å². The molecule has 1 aliphatic heterocycles. The zero-order valence-electron chi connectivity index (χ0n) is 13.5. The fourth-order valence-electron chi connectivity index (χ4n) is 2.36. The summed E-state index contributed by atoms with van der Waals surface area (Å²) >= 11 is 10.8. The molecule has 1 unspecified atom stereocenters. The van der Waals surface area contributed by atoms with E-state index in [0.717, 1.165) is 35.2 Å². The molecule has 0 radical (unpaired) electrons. The zero-order valence-corrected chi connectivity index (χ0v) is 18.6. The SMILES string of the molecule is C=C(C)C1CCS[P@@](=S)(Oc2ccc(Br)cc2)O[C@H](C)CC1.S. The first-order chi connectivity index (χ1) is 10.4. The van der Waals surface area contributed by atoms with Crippen molar-refractivity contribution in [2.75, 3.05) is 5.75 Å². The van der Waals surface area contributed by atoms with Gasteiger partial charge >= 0.3 is 0 Å². The molecule has 7 heteroatoms. The Morgan fingerprint density at radius 3 is 2.61 bits per heavy atom. The van der Waals surface area contributed by atoms with Gasteiger partial charge in [-0.15, -0.1) is 0 Å². The second-order valence-corrected chi connectivity index (χ2v) is 12.9. The van der Waals surface area contributed by atoms with E-state index in [1.807, 2.05) is 24.3 Å². The van der Waals surface area contributed by atoms with Gasteiger partial charge in [0.05, 0.1) is 6.10 Å². The summed E-state index contributed by atoms with van der Waals surface area (Å²) in [5, 5.41) is 0. The Labute approximate surface area is 164 Å². The molecule has 1 saturated heterocycles. The first-order valence-electron chi connectivity index (χ1n) is 7.41. The average molecular weight is 455 g/mol. The van der Waals surface area contributed by atoms with Crippen LogP contribution in [0.3, 0.4) is 0 Å². The number of hydrogen-bond acceptors (Lipinski definition) is 4. The fourth-order valence-corrected chi connectivity index (χ4v) is 7.71.